The predicted molar refractivity (Wildman–Crippen MR) is 62.4 cm³/mol. The van der Waals surface area contributed by atoms with Gasteiger partial charge in [-0.05, 0) is 18.2 Å². The Morgan fingerprint density at radius 2 is 2.18 bits per heavy atom. The van der Waals surface area contributed by atoms with Crippen LogP contribution >= 0.6 is 11.6 Å². The van der Waals surface area contributed by atoms with Gasteiger partial charge in [0.1, 0.15) is 0 Å². The SMILES string of the molecule is CC1CC(=O)N(c2cc(C#N)ccc2Cl)C1=O. The number of imide groups is 1. The zero-order valence-corrected chi connectivity index (χ0v) is 9.86. The first-order valence-corrected chi connectivity index (χ1v) is 5.49. The third-order valence-electron chi connectivity index (χ3n) is 2.69. The van der Waals surface area contributed by atoms with Gasteiger partial charge in [0.2, 0.25) is 11.8 Å². The number of hydrogen-bond donors (Lipinski definition) is 0. The Labute approximate surface area is 103 Å². The summed E-state index contributed by atoms with van der Waals surface area (Å²) in [4.78, 5) is 24.6. The molecule has 2 rings (SSSR count). The number of hydrogen-bond acceptors (Lipinski definition) is 3. The van der Waals surface area contributed by atoms with Crippen LogP contribution in [0.1, 0.15) is 18.9 Å². The molecule has 1 heterocycles. The number of carbonyl (C=O) groups excluding carboxylic acids is 2. The van der Waals surface area contributed by atoms with Crippen molar-refractivity contribution in [3.05, 3.63) is 28.8 Å². The molecule has 1 aliphatic heterocycles. The molecule has 0 aliphatic carbocycles. The molecule has 0 radical (unpaired) electrons. The second-order valence-electron chi connectivity index (χ2n) is 3.95. The van der Waals surface area contributed by atoms with Gasteiger partial charge in [0, 0.05) is 12.3 Å². The van der Waals surface area contributed by atoms with E-state index in [-0.39, 0.29) is 24.2 Å². The highest BCUT2D eigenvalue weighted by Gasteiger charge is 2.37. The van der Waals surface area contributed by atoms with Gasteiger partial charge in [0.15, 0.2) is 0 Å². The van der Waals surface area contributed by atoms with Crippen molar-refractivity contribution in [2.24, 2.45) is 5.92 Å². The highest BCUT2D eigenvalue weighted by molar-refractivity contribution is 6.35. The van der Waals surface area contributed by atoms with E-state index in [1.165, 1.54) is 12.1 Å². The Morgan fingerprint density at radius 1 is 1.47 bits per heavy atom. The summed E-state index contributed by atoms with van der Waals surface area (Å²) in [6.45, 7) is 1.70. The van der Waals surface area contributed by atoms with Crippen LogP contribution in [-0.2, 0) is 9.59 Å². The molecular weight excluding hydrogens is 240 g/mol. The number of rotatable bonds is 1. The molecule has 1 aromatic carbocycles. The largest absolute Gasteiger partial charge is 0.274 e. The molecule has 1 unspecified atom stereocenters. The van der Waals surface area contributed by atoms with Crippen molar-refractivity contribution in [3.8, 4) is 6.07 Å². The van der Waals surface area contributed by atoms with Gasteiger partial charge in [-0.2, -0.15) is 5.26 Å². The summed E-state index contributed by atoms with van der Waals surface area (Å²) >= 11 is 5.96. The number of nitriles is 1. The first-order chi connectivity index (χ1) is 8.04. The van der Waals surface area contributed by atoms with Crippen LogP contribution in [0.5, 0.6) is 0 Å². The number of anilines is 1. The number of benzene rings is 1. The monoisotopic (exact) mass is 248 g/mol. The topological polar surface area (TPSA) is 61.2 Å². The summed E-state index contributed by atoms with van der Waals surface area (Å²) in [5, 5.41) is 9.09. The minimum Gasteiger partial charge on any atom is -0.274 e. The lowest BCUT2D eigenvalue weighted by atomic mass is 10.1. The Morgan fingerprint density at radius 3 is 2.71 bits per heavy atom. The van der Waals surface area contributed by atoms with Gasteiger partial charge in [-0.3, -0.25) is 9.59 Å². The van der Waals surface area contributed by atoms with Gasteiger partial charge in [-0.15, -0.1) is 0 Å². The van der Waals surface area contributed by atoms with Crippen LogP contribution < -0.4 is 4.90 Å². The molecule has 1 atom stereocenters. The summed E-state index contributed by atoms with van der Waals surface area (Å²) in [5.74, 6) is -0.879. The van der Waals surface area contributed by atoms with Gasteiger partial charge < -0.3 is 0 Å². The van der Waals surface area contributed by atoms with Crippen LogP contribution in [0.4, 0.5) is 5.69 Å². The van der Waals surface area contributed by atoms with Crippen LogP contribution in [0.15, 0.2) is 18.2 Å². The third-order valence-corrected chi connectivity index (χ3v) is 3.01. The smallest absolute Gasteiger partial charge is 0.237 e. The lowest BCUT2D eigenvalue weighted by Gasteiger charge is -2.16. The second kappa shape index (κ2) is 4.19. The van der Waals surface area contributed by atoms with Gasteiger partial charge >= 0.3 is 0 Å². The summed E-state index contributed by atoms with van der Waals surface area (Å²) in [6, 6.07) is 6.46. The fourth-order valence-electron chi connectivity index (χ4n) is 1.79. The van der Waals surface area contributed by atoms with Crippen molar-refractivity contribution in [1.29, 1.82) is 5.26 Å². The average Bonchev–Trinajstić information content (AvgIpc) is 2.55. The molecule has 0 bridgehead atoms. The molecule has 1 saturated heterocycles. The first-order valence-electron chi connectivity index (χ1n) is 5.11. The van der Waals surface area contributed by atoms with Crippen molar-refractivity contribution in [3.63, 3.8) is 0 Å². The summed E-state index contributed by atoms with van der Waals surface area (Å²) in [7, 11) is 0. The first kappa shape index (κ1) is 11.6. The van der Waals surface area contributed by atoms with Crippen molar-refractivity contribution >= 4 is 29.1 Å². The molecule has 0 spiro atoms. The maximum absolute atomic E-state index is 11.8. The standard InChI is InChI=1S/C12H9ClN2O2/c1-7-4-11(16)15(12(7)17)10-5-8(6-14)2-3-9(10)13/h2-3,5,7H,4H2,1H3. The second-order valence-corrected chi connectivity index (χ2v) is 4.36. The summed E-state index contributed by atoms with van der Waals surface area (Å²) < 4.78 is 0. The Bertz CT molecular complexity index is 548. The lowest BCUT2D eigenvalue weighted by molar-refractivity contribution is -0.122. The minimum atomic E-state index is -0.329. The summed E-state index contributed by atoms with van der Waals surface area (Å²) in [6.07, 6.45) is 0.186. The highest BCUT2D eigenvalue weighted by Crippen LogP contribution is 2.32. The number of halogens is 1. The van der Waals surface area contributed by atoms with Crippen molar-refractivity contribution in [2.75, 3.05) is 4.90 Å². The summed E-state index contributed by atoms with van der Waals surface area (Å²) in [5.41, 5.74) is 0.662. The molecule has 4 nitrogen and oxygen atoms in total. The molecule has 0 aromatic heterocycles. The minimum absolute atomic E-state index is 0.186. The molecule has 1 fully saturated rings. The predicted octanol–water partition coefficient (Wildman–Crippen LogP) is 2.11. The Balaban J connectivity index is 2.51. The molecule has 0 N–H and O–H groups in total. The van der Waals surface area contributed by atoms with E-state index < -0.39 is 0 Å². The van der Waals surface area contributed by atoms with Gasteiger partial charge in [0.05, 0.1) is 22.3 Å². The van der Waals surface area contributed by atoms with Crippen LogP contribution in [0.25, 0.3) is 0 Å². The molecule has 2 amide bonds. The Hall–Kier alpha value is -1.86. The van der Waals surface area contributed by atoms with E-state index in [2.05, 4.69) is 0 Å². The van der Waals surface area contributed by atoms with E-state index in [4.69, 9.17) is 16.9 Å². The lowest BCUT2D eigenvalue weighted by Crippen LogP contribution is -2.30. The maximum atomic E-state index is 11.8. The fourth-order valence-corrected chi connectivity index (χ4v) is 1.99. The zero-order chi connectivity index (χ0) is 12.6. The molecule has 5 heteroatoms. The van der Waals surface area contributed by atoms with E-state index in [1.807, 2.05) is 6.07 Å². The fraction of sp³-hybridized carbons (Fsp3) is 0.250. The van der Waals surface area contributed by atoms with Crippen LogP contribution in [-0.4, -0.2) is 11.8 Å². The van der Waals surface area contributed by atoms with E-state index in [9.17, 15) is 9.59 Å². The third kappa shape index (κ3) is 1.90. The van der Waals surface area contributed by atoms with Crippen molar-refractivity contribution in [2.45, 2.75) is 13.3 Å². The van der Waals surface area contributed by atoms with E-state index in [1.54, 1.807) is 13.0 Å². The molecule has 0 saturated carbocycles. The molecule has 1 aliphatic rings. The van der Waals surface area contributed by atoms with Gasteiger partial charge in [0.25, 0.3) is 0 Å². The van der Waals surface area contributed by atoms with Crippen molar-refractivity contribution in [1.82, 2.24) is 0 Å². The number of nitrogens with zero attached hydrogens (tertiary/aromatic N) is 2. The van der Waals surface area contributed by atoms with E-state index >= 15 is 0 Å². The van der Waals surface area contributed by atoms with E-state index in [0.717, 1.165) is 4.90 Å². The highest BCUT2D eigenvalue weighted by atomic mass is 35.5. The normalized spacial score (nSPS) is 19.6. The molecule has 86 valence electrons. The van der Waals surface area contributed by atoms with Crippen LogP contribution in [0, 0.1) is 17.2 Å². The zero-order valence-electron chi connectivity index (χ0n) is 9.11. The van der Waals surface area contributed by atoms with E-state index in [0.29, 0.717) is 16.3 Å². The average molecular weight is 249 g/mol. The number of carbonyl (C=O) groups is 2. The molecular formula is C12H9ClN2O2. The molecule has 1 aromatic rings. The van der Waals surface area contributed by atoms with Gasteiger partial charge in [-0.1, -0.05) is 18.5 Å². The van der Waals surface area contributed by atoms with Gasteiger partial charge in [-0.25, -0.2) is 4.90 Å². The number of amides is 2. The van der Waals surface area contributed by atoms with Crippen molar-refractivity contribution < 1.29 is 9.59 Å². The van der Waals surface area contributed by atoms with Crippen LogP contribution in [0.2, 0.25) is 5.02 Å². The molecule has 17 heavy (non-hydrogen) atoms. The Kier molecular flexibility index (Phi) is 2.86. The maximum Gasteiger partial charge on any atom is 0.237 e. The van der Waals surface area contributed by atoms with Crippen LogP contribution in [0.3, 0.4) is 0 Å². The quantitative estimate of drug-likeness (QED) is 0.715.